The van der Waals surface area contributed by atoms with Crippen molar-refractivity contribution < 1.29 is 9.13 Å². The van der Waals surface area contributed by atoms with Gasteiger partial charge in [0.2, 0.25) is 0 Å². The van der Waals surface area contributed by atoms with E-state index in [0.717, 1.165) is 16.9 Å². The minimum Gasteiger partial charge on any atom is -0.496 e. The number of rotatable bonds is 5. The van der Waals surface area contributed by atoms with E-state index < -0.39 is 5.82 Å². The maximum atomic E-state index is 13.1. The zero-order valence-corrected chi connectivity index (χ0v) is 12.2. The van der Waals surface area contributed by atoms with E-state index in [0.29, 0.717) is 18.7 Å². The Bertz CT molecular complexity index is 682. The molecular weight excluding hydrogens is 291 g/mol. The third kappa shape index (κ3) is 3.94. The summed E-state index contributed by atoms with van der Waals surface area (Å²) in [6.45, 7) is 1.08. The lowest BCUT2D eigenvalue weighted by molar-refractivity contribution is 0.407. The molecule has 0 unspecified atom stereocenters. The van der Waals surface area contributed by atoms with Crippen molar-refractivity contribution in [1.82, 2.24) is 5.32 Å². The number of hydrogen-bond acceptors (Lipinski definition) is 3. The molecule has 0 atom stereocenters. The first kappa shape index (κ1) is 15.3. The van der Waals surface area contributed by atoms with Gasteiger partial charge >= 0.3 is 0 Å². The van der Waals surface area contributed by atoms with Crippen molar-refractivity contribution >= 4 is 11.6 Å². The fourth-order valence-corrected chi connectivity index (χ4v) is 2.18. The molecule has 0 spiro atoms. The Morgan fingerprint density at radius 1 is 1.24 bits per heavy atom. The van der Waals surface area contributed by atoms with Crippen LogP contribution < -0.4 is 10.1 Å². The van der Waals surface area contributed by atoms with Gasteiger partial charge in [-0.25, -0.2) is 4.39 Å². The Kier molecular flexibility index (Phi) is 5.15. The highest BCUT2D eigenvalue weighted by Crippen LogP contribution is 2.20. The van der Waals surface area contributed by atoms with Crippen molar-refractivity contribution in [2.75, 3.05) is 7.11 Å². The van der Waals surface area contributed by atoms with E-state index in [4.69, 9.17) is 21.6 Å². The van der Waals surface area contributed by atoms with Crippen LogP contribution in [0.15, 0.2) is 36.4 Å². The van der Waals surface area contributed by atoms with Crippen molar-refractivity contribution in [2.24, 2.45) is 0 Å². The molecule has 3 nitrogen and oxygen atoms in total. The quantitative estimate of drug-likeness (QED) is 0.917. The van der Waals surface area contributed by atoms with E-state index in [-0.39, 0.29) is 5.02 Å². The molecule has 0 aromatic heterocycles. The molecule has 1 N–H and O–H groups in total. The molecule has 0 bridgehead atoms. The van der Waals surface area contributed by atoms with E-state index in [9.17, 15) is 4.39 Å². The summed E-state index contributed by atoms with van der Waals surface area (Å²) in [4.78, 5) is 0. The zero-order chi connectivity index (χ0) is 15.2. The summed E-state index contributed by atoms with van der Waals surface area (Å²) in [5.41, 5.74) is 2.36. The van der Waals surface area contributed by atoms with E-state index in [1.165, 1.54) is 6.07 Å². The van der Waals surface area contributed by atoms with Crippen LogP contribution in [-0.4, -0.2) is 7.11 Å². The summed E-state index contributed by atoms with van der Waals surface area (Å²) >= 11 is 5.74. The third-order valence-corrected chi connectivity index (χ3v) is 3.33. The van der Waals surface area contributed by atoms with E-state index in [1.54, 1.807) is 37.4 Å². The standard InChI is InChI=1S/C16H14ClFN2O/c1-21-16-5-3-11(8-19)6-13(16)10-20-9-12-2-4-15(18)14(17)7-12/h2-7,20H,9-10H2,1H3. The van der Waals surface area contributed by atoms with Crippen LogP contribution in [0, 0.1) is 17.1 Å². The number of halogens is 2. The number of benzene rings is 2. The molecule has 21 heavy (non-hydrogen) atoms. The molecule has 108 valence electrons. The number of nitrogens with zero attached hydrogens (tertiary/aromatic N) is 1. The second kappa shape index (κ2) is 7.07. The summed E-state index contributed by atoms with van der Waals surface area (Å²) in [5, 5.41) is 12.3. The minimum atomic E-state index is -0.427. The molecule has 2 aromatic carbocycles. The van der Waals surface area contributed by atoms with Crippen LogP contribution in [0.1, 0.15) is 16.7 Å². The Morgan fingerprint density at radius 2 is 2.05 bits per heavy atom. The predicted octanol–water partition coefficient (Wildman–Crippen LogP) is 3.65. The van der Waals surface area contributed by atoms with Gasteiger partial charge in [-0.2, -0.15) is 5.26 Å². The summed E-state index contributed by atoms with van der Waals surface area (Å²) in [6.07, 6.45) is 0. The van der Waals surface area contributed by atoms with Gasteiger partial charge in [-0.05, 0) is 35.9 Å². The molecule has 0 aliphatic heterocycles. The van der Waals surface area contributed by atoms with Crippen LogP contribution in [0.5, 0.6) is 5.75 Å². The van der Waals surface area contributed by atoms with Gasteiger partial charge in [-0.1, -0.05) is 17.7 Å². The molecule has 0 radical (unpaired) electrons. The molecule has 0 saturated carbocycles. The van der Waals surface area contributed by atoms with Gasteiger partial charge in [-0.3, -0.25) is 0 Å². The summed E-state index contributed by atoms with van der Waals surface area (Å²) in [5.74, 6) is 0.294. The maximum absolute atomic E-state index is 13.1. The fraction of sp³-hybridized carbons (Fsp3) is 0.188. The van der Waals surface area contributed by atoms with Crippen LogP contribution in [0.4, 0.5) is 4.39 Å². The van der Waals surface area contributed by atoms with E-state index in [1.807, 2.05) is 0 Å². The first-order valence-electron chi connectivity index (χ1n) is 6.35. The largest absolute Gasteiger partial charge is 0.496 e. The van der Waals surface area contributed by atoms with Crippen molar-refractivity contribution in [3.63, 3.8) is 0 Å². The van der Waals surface area contributed by atoms with Gasteiger partial charge < -0.3 is 10.1 Å². The van der Waals surface area contributed by atoms with Gasteiger partial charge in [0.25, 0.3) is 0 Å². The zero-order valence-electron chi connectivity index (χ0n) is 11.5. The molecule has 5 heteroatoms. The Balaban J connectivity index is 2.03. The number of nitriles is 1. The van der Waals surface area contributed by atoms with Gasteiger partial charge in [0, 0.05) is 18.7 Å². The monoisotopic (exact) mass is 304 g/mol. The SMILES string of the molecule is COc1ccc(C#N)cc1CNCc1ccc(F)c(Cl)c1. The van der Waals surface area contributed by atoms with Gasteiger partial charge in [-0.15, -0.1) is 0 Å². The Morgan fingerprint density at radius 3 is 2.71 bits per heavy atom. The topological polar surface area (TPSA) is 45.0 Å². The van der Waals surface area contributed by atoms with Crippen LogP contribution in [0.2, 0.25) is 5.02 Å². The molecule has 2 rings (SSSR count). The highest BCUT2D eigenvalue weighted by molar-refractivity contribution is 6.30. The number of methoxy groups -OCH3 is 1. The molecule has 0 heterocycles. The number of hydrogen-bond donors (Lipinski definition) is 1. The highest BCUT2D eigenvalue weighted by atomic mass is 35.5. The van der Waals surface area contributed by atoms with Crippen LogP contribution >= 0.6 is 11.6 Å². The molecule has 0 saturated heterocycles. The average Bonchev–Trinajstić information content (AvgIpc) is 2.50. The average molecular weight is 305 g/mol. The first-order chi connectivity index (χ1) is 10.1. The smallest absolute Gasteiger partial charge is 0.141 e. The van der Waals surface area contributed by atoms with Gasteiger partial charge in [0.15, 0.2) is 0 Å². The fourth-order valence-electron chi connectivity index (χ4n) is 1.98. The van der Waals surface area contributed by atoms with E-state index >= 15 is 0 Å². The normalized spacial score (nSPS) is 10.2. The van der Waals surface area contributed by atoms with Crippen LogP contribution in [0.25, 0.3) is 0 Å². The molecule has 0 fully saturated rings. The minimum absolute atomic E-state index is 0.110. The van der Waals surface area contributed by atoms with Crippen molar-refractivity contribution in [1.29, 1.82) is 5.26 Å². The lowest BCUT2D eigenvalue weighted by Crippen LogP contribution is -2.13. The lowest BCUT2D eigenvalue weighted by atomic mass is 10.1. The first-order valence-corrected chi connectivity index (χ1v) is 6.73. The third-order valence-electron chi connectivity index (χ3n) is 3.04. The van der Waals surface area contributed by atoms with Crippen molar-refractivity contribution in [3.8, 4) is 11.8 Å². The van der Waals surface area contributed by atoms with Crippen LogP contribution in [-0.2, 0) is 13.1 Å². The summed E-state index contributed by atoms with van der Waals surface area (Å²) in [6, 6.07) is 12.0. The second-order valence-electron chi connectivity index (χ2n) is 4.49. The molecule has 0 amide bonds. The van der Waals surface area contributed by atoms with Crippen molar-refractivity contribution in [3.05, 3.63) is 63.9 Å². The summed E-state index contributed by atoms with van der Waals surface area (Å²) < 4.78 is 18.3. The summed E-state index contributed by atoms with van der Waals surface area (Å²) in [7, 11) is 1.59. The predicted molar refractivity (Wildman–Crippen MR) is 79.7 cm³/mol. The Labute approximate surface area is 127 Å². The lowest BCUT2D eigenvalue weighted by Gasteiger charge is -2.10. The second-order valence-corrected chi connectivity index (χ2v) is 4.90. The van der Waals surface area contributed by atoms with E-state index in [2.05, 4.69) is 11.4 Å². The Hall–Kier alpha value is -2.09. The molecule has 2 aromatic rings. The maximum Gasteiger partial charge on any atom is 0.141 e. The van der Waals surface area contributed by atoms with Crippen LogP contribution in [0.3, 0.4) is 0 Å². The van der Waals surface area contributed by atoms with Gasteiger partial charge in [0.1, 0.15) is 11.6 Å². The number of nitrogens with one attached hydrogen (secondary N) is 1. The molecule has 0 aliphatic rings. The highest BCUT2D eigenvalue weighted by Gasteiger charge is 2.05. The van der Waals surface area contributed by atoms with Crippen molar-refractivity contribution in [2.45, 2.75) is 13.1 Å². The number of ether oxygens (including phenoxy) is 1. The molecular formula is C16H14ClFN2O. The molecule has 0 aliphatic carbocycles. The van der Waals surface area contributed by atoms with Gasteiger partial charge in [0.05, 0.1) is 23.8 Å².